The van der Waals surface area contributed by atoms with E-state index in [-0.39, 0.29) is 12.1 Å². The first-order chi connectivity index (χ1) is 16.2. The van der Waals surface area contributed by atoms with Gasteiger partial charge in [0, 0.05) is 11.1 Å². The van der Waals surface area contributed by atoms with Gasteiger partial charge < -0.3 is 4.74 Å². The van der Waals surface area contributed by atoms with Crippen molar-refractivity contribution < 1.29 is 9.53 Å². The lowest BCUT2D eigenvalue weighted by Crippen LogP contribution is -2.33. The summed E-state index contributed by atoms with van der Waals surface area (Å²) < 4.78 is 5.88. The minimum atomic E-state index is -0.188. The second-order valence-electron chi connectivity index (χ2n) is 10.4. The molecule has 3 saturated carbocycles. The molecule has 2 aromatic carbocycles. The average Bonchev–Trinajstić information content (AvgIpc) is 2.88. The maximum atomic E-state index is 12.7. The molecule has 0 aromatic heterocycles. The number of fused-ring (bicyclic) bond motifs is 1. The number of rotatable bonds is 3. The van der Waals surface area contributed by atoms with Crippen LogP contribution in [0.25, 0.3) is 0 Å². The molecule has 2 heteroatoms. The van der Waals surface area contributed by atoms with Gasteiger partial charge in [0.25, 0.3) is 0 Å². The van der Waals surface area contributed by atoms with Crippen molar-refractivity contribution in [2.24, 2.45) is 11.8 Å². The lowest BCUT2D eigenvalue weighted by Gasteiger charge is -2.38. The van der Waals surface area contributed by atoms with E-state index in [1.807, 2.05) is 24.3 Å². The molecule has 0 saturated heterocycles. The summed E-state index contributed by atoms with van der Waals surface area (Å²) in [7, 11) is 0. The average molecular weight is 441 g/mol. The minimum Gasteiger partial charge on any atom is -0.459 e. The summed E-state index contributed by atoms with van der Waals surface area (Å²) in [6.45, 7) is 0. The molecule has 0 N–H and O–H groups in total. The zero-order valence-corrected chi connectivity index (χ0v) is 19.7. The van der Waals surface area contributed by atoms with E-state index in [9.17, 15) is 4.79 Å². The zero-order valence-electron chi connectivity index (χ0n) is 19.7. The van der Waals surface area contributed by atoms with Gasteiger partial charge in [0.1, 0.15) is 6.10 Å². The van der Waals surface area contributed by atoms with E-state index in [0.29, 0.717) is 5.56 Å². The molecule has 0 heterocycles. The van der Waals surface area contributed by atoms with E-state index >= 15 is 0 Å². The number of ether oxygens (including phenoxy) is 1. The highest BCUT2D eigenvalue weighted by Gasteiger charge is 2.33. The van der Waals surface area contributed by atoms with Crippen LogP contribution in [0.2, 0.25) is 0 Å². The molecule has 5 rings (SSSR count). The SMILES string of the molecule is O=C(OC1CCC2CCCCC2C1)c1ccc(C#Cc2ccc(C3CCCCC3)cc2)cc1. The van der Waals surface area contributed by atoms with Crippen molar-refractivity contribution in [2.75, 3.05) is 0 Å². The van der Waals surface area contributed by atoms with Gasteiger partial charge >= 0.3 is 5.97 Å². The van der Waals surface area contributed by atoms with Crippen LogP contribution in [-0.4, -0.2) is 12.1 Å². The molecule has 0 amide bonds. The van der Waals surface area contributed by atoms with Gasteiger partial charge in [-0.2, -0.15) is 0 Å². The third-order valence-electron chi connectivity index (χ3n) is 8.22. The number of carbonyl (C=O) groups is 1. The van der Waals surface area contributed by atoms with E-state index in [4.69, 9.17) is 4.74 Å². The summed E-state index contributed by atoms with van der Waals surface area (Å²) in [6.07, 6.45) is 15.5. The number of benzene rings is 2. The Morgan fingerprint density at radius 2 is 1.27 bits per heavy atom. The summed E-state index contributed by atoms with van der Waals surface area (Å²) >= 11 is 0. The Morgan fingerprint density at radius 3 is 1.97 bits per heavy atom. The smallest absolute Gasteiger partial charge is 0.338 e. The third kappa shape index (κ3) is 5.70. The molecule has 3 fully saturated rings. The number of carbonyl (C=O) groups excluding carboxylic acids is 1. The van der Waals surface area contributed by atoms with Gasteiger partial charge in [-0.1, -0.05) is 68.9 Å². The van der Waals surface area contributed by atoms with Crippen LogP contribution in [0.1, 0.15) is 110 Å². The molecule has 3 atom stereocenters. The normalized spacial score (nSPS) is 25.4. The standard InChI is InChI=1S/C31H36O2/c32-31(33-30-21-20-26-8-4-5-9-29(26)22-30)28-18-14-24(15-19-28)11-10-23-12-16-27(17-13-23)25-6-2-1-3-7-25/h12-19,25-26,29-30H,1-9,20-22H2. The Labute approximate surface area is 199 Å². The van der Waals surface area contributed by atoms with Crippen LogP contribution in [0, 0.1) is 23.7 Å². The molecule has 2 aromatic rings. The number of hydrogen-bond acceptors (Lipinski definition) is 2. The van der Waals surface area contributed by atoms with E-state index in [2.05, 4.69) is 36.1 Å². The summed E-state index contributed by atoms with van der Waals surface area (Å²) in [5.41, 5.74) is 4.05. The van der Waals surface area contributed by atoms with Crippen LogP contribution in [0.4, 0.5) is 0 Å². The molecule has 0 bridgehead atoms. The Hall–Kier alpha value is -2.53. The van der Waals surface area contributed by atoms with E-state index < -0.39 is 0 Å². The second kappa shape index (κ2) is 10.6. The predicted octanol–water partition coefficient (Wildman–Crippen LogP) is 7.65. The minimum absolute atomic E-state index is 0.0906. The van der Waals surface area contributed by atoms with Crippen molar-refractivity contribution in [1.29, 1.82) is 0 Å². The Morgan fingerprint density at radius 1 is 0.667 bits per heavy atom. The van der Waals surface area contributed by atoms with E-state index in [1.165, 1.54) is 69.8 Å². The molecule has 3 aliphatic rings. The second-order valence-corrected chi connectivity index (χ2v) is 10.4. The van der Waals surface area contributed by atoms with E-state index in [0.717, 1.165) is 41.7 Å². The highest BCUT2D eigenvalue weighted by atomic mass is 16.5. The van der Waals surface area contributed by atoms with Crippen LogP contribution in [0.15, 0.2) is 48.5 Å². The number of hydrogen-bond donors (Lipinski definition) is 0. The first-order valence-electron chi connectivity index (χ1n) is 13.2. The molecule has 0 spiro atoms. The molecule has 0 radical (unpaired) electrons. The molecular weight excluding hydrogens is 404 g/mol. The monoisotopic (exact) mass is 440 g/mol. The fraction of sp³-hybridized carbons (Fsp3) is 0.516. The maximum absolute atomic E-state index is 12.7. The zero-order chi connectivity index (χ0) is 22.5. The molecule has 3 unspecified atom stereocenters. The van der Waals surface area contributed by atoms with Gasteiger partial charge in [0.15, 0.2) is 0 Å². The van der Waals surface area contributed by atoms with Crippen molar-refractivity contribution in [3.05, 3.63) is 70.8 Å². The van der Waals surface area contributed by atoms with Crippen LogP contribution >= 0.6 is 0 Å². The molecule has 33 heavy (non-hydrogen) atoms. The predicted molar refractivity (Wildman–Crippen MR) is 133 cm³/mol. The van der Waals surface area contributed by atoms with E-state index in [1.54, 1.807) is 0 Å². The molecule has 0 aliphatic heterocycles. The largest absolute Gasteiger partial charge is 0.459 e. The molecule has 172 valence electrons. The fourth-order valence-electron chi connectivity index (χ4n) is 6.27. The first kappa shape index (κ1) is 22.3. The van der Waals surface area contributed by atoms with Crippen molar-refractivity contribution in [1.82, 2.24) is 0 Å². The van der Waals surface area contributed by atoms with Crippen LogP contribution in [-0.2, 0) is 4.74 Å². The van der Waals surface area contributed by atoms with Crippen molar-refractivity contribution in [2.45, 2.75) is 89.1 Å². The highest BCUT2D eigenvalue weighted by Crippen LogP contribution is 2.41. The Kier molecular flexibility index (Phi) is 7.15. The van der Waals surface area contributed by atoms with Crippen LogP contribution < -0.4 is 0 Å². The fourth-order valence-corrected chi connectivity index (χ4v) is 6.27. The van der Waals surface area contributed by atoms with Crippen molar-refractivity contribution in [3.8, 4) is 11.8 Å². The maximum Gasteiger partial charge on any atom is 0.338 e. The van der Waals surface area contributed by atoms with Crippen LogP contribution in [0.5, 0.6) is 0 Å². The van der Waals surface area contributed by atoms with Gasteiger partial charge in [-0.25, -0.2) is 4.79 Å². The van der Waals surface area contributed by atoms with Gasteiger partial charge in [-0.15, -0.1) is 0 Å². The summed E-state index contributed by atoms with van der Waals surface area (Å²) in [5, 5.41) is 0. The summed E-state index contributed by atoms with van der Waals surface area (Å²) in [4.78, 5) is 12.7. The van der Waals surface area contributed by atoms with Gasteiger partial charge in [0.05, 0.1) is 5.56 Å². The number of esters is 1. The Balaban J connectivity index is 1.15. The van der Waals surface area contributed by atoms with Crippen molar-refractivity contribution >= 4 is 5.97 Å². The van der Waals surface area contributed by atoms with Gasteiger partial charge in [-0.05, 0) is 91.8 Å². The summed E-state index contributed by atoms with van der Waals surface area (Å²) in [5.74, 6) is 8.68. The molecule has 2 nitrogen and oxygen atoms in total. The highest BCUT2D eigenvalue weighted by molar-refractivity contribution is 5.89. The quantitative estimate of drug-likeness (QED) is 0.362. The van der Waals surface area contributed by atoms with Crippen molar-refractivity contribution in [3.63, 3.8) is 0 Å². The van der Waals surface area contributed by atoms with Gasteiger partial charge in [-0.3, -0.25) is 0 Å². The van der Waals surface area contributed by atoms with Crippen LogP contribution in [0.3, 0.4) is 0 Å². The molecule has 3 aliphatic carbocycles. The summed E-state index contributed by atoms with van der Waals surface area (Å²) in [6, 6.07) is 16.3. The Bertz CT molecular complexity index is 986. The first-order valence-corrected chi connectivity index (χ1v) is 13.2. The molecular formula is C31H36O2. The third-order valence-corrected chi connectivity index (χ3v) is 8.22. The lowest BCUT2D eigenvalue weighted by molar-refractivity contribution is -0.000924. The van der Waals surface area contributed by atoms with Gasteiger partial charge in [0.2, 0.25) is 0 Å². The lowest BCUT2D eigenvalue weighted by atomic mass is 9.70. The topological polar surface area (TPSA) is 26.3 Å².